The van der Waals surface area contributed by atoms with Gasteiger partial charge in [0.15, 0.2) is 11.6 Å². The molecule has 1 heterocycles. The Balaban J connectivity index is 2.18. The Morgan fingerprint density at radius 2 is 2.10 bits per heavy atom. The van der Waals surface area contributed by atoms with E-state index in [1.54, 1.807) is 30.6 Å². The van der Waals surface area contributed by atoms with Crippen LogP contribution in [0, 0.1) is 12.7 Å². The lowest BCUT2D eigenvalue weighted by Gasteiger charge is -2.12. The molecule has 0 saturated carbocycles. The first-order valence-corrected chi connectivity index (χ1v) is 6.78. The summed E-state index contributed by atoms with van der Waals surface area (Å²) in [6.07, 6.45) is 4.45. The third-order valence-electron chi connectivity index (χ3n) is 2.91. The number of halogens is 1. The molecular formula is C16H19FN2O. The summed E-state index contributed by atoms with van der Waals surface area (Å²) >= 11 is 0. The molecule has 2 rings (SSSR count). The van der Waals surface area contributed by atoms with E-state index in [9.17, 15) is 4.39 Å². The fourth-order valence-corrected chi connectivity index (χ4v) is 1.85. The summed E-state index contributed by atoms with van der Waals surface area (Å²) in [6, 6.07) is 6.59. The van der Waals surface area contributed by atoms with Gasteiger partial charge in [-0.25, -0.2) is 4.39 Å². The van der Waals surface area contributed by atoms with E-state index in [0.29, 0.717) is 12.3 Å². The van der Waals surface area contributed by atoms with Gasteiger partial charge in [0.2, 0.25) is 0 Å². The quantitative estimate of drug-likeness (QED) is 0.813. The number of aryl methyl sites for hydroxylation is 1. The number of benzene rings is 1. The zero-order valence-corrected chi connectivity index (χ0v) is 11.8. The number of rotatable bonds is 6. The first-order chi connectivity index (χ1) is 9.70. The smallest absolute Gasteiger partial charge is 0.165 e. The Morgan fingerprint density at radius 3 is 2.90 bits per heavy atom. The Labute approximate surface area is 118 Å². The Bertz CT molecular complexity index is 572. The third kappa shape index (κ3) is 3.78. The molecule has 2 aromatic rings. The fraction of sp³-hybridized carbons (Fsp3) is 0.312. The van der Waals surface area contributed by atoms with Crippen molar-refractivity contribution in [3.8, 4) is 11.5 Å². The van der Waals surface area contributed by atoms with Crippen molar-refractivity contribution in [2.45, 2.75) is 26.8 Å². The van der Waals surface area contributed by atoms with Crippen LogP contribution in [0.4, 0.5) is 4.39 Å². The second kappa shape index (κ2) is 7.01. The maximum atomic E-state index is 13.7. The number of pyridine rings is 1. The highest BCUT2D eigenvalue weighted by Gasteiger charge is 2.08. The van der Waals surface area contributed by atoms with Crippen LogP contribution in [0.25, 0.3) is 0 Å². The van der Waals surface area contributed by atoms with Gasteiger partial charge < -0.3 is 10.1 Å². The minimum absolute atomic E-state index is 0.243. The van der Waals surface area contributed by atoms with Crippen LogP contribution in [0.5, 0.6) is 11.5 Å². The molecule has 20 heavy (non-hydrogen) atoms. The van der Waals surface area contributed by atoms with E-state index in [4.69, 9.17) is 4.74 Å². The Morgan fingerprint density at radius 1 is 1.25 bits per heavy atom. The number of hydrogen-bond acceptors (Lipinski definition) is 3. The molecule has 0 aliphatic carbocycles. The van der Waals surface area contributed by atoms with Gasteiger partial charge in [0.05, 0.1) is 0 Å². The highest BCUT2D eigenvalue weighted by molar-refractivity contribution is 5.38. The van der Waals surface area contributed by atoms with E-state index in [2.05, 4.69) is 17.2 Å². The summed E-state index contributed by atoms with van der Waals surface area (Å²) in [5.74, 6) is 0.515. The first-order valence-electron chi connectivity index (χ1n) is 6.78. The molecular weight excluding hydrogens is 255 g/mol. The molecule has 0 aliphatic heterocycles. The second-order valence-electron chi connectivity index (χ2n) is 4.70. The fourth-order valence-electron chi connectivity index (χ4n) is 1.85. The standard InChI is InChI=1S/C16H19FN2O/c1-3-7-18-10-13-11-19-8-6-15(13)20-16-9-12(2)4-5-14(16)17/h4-6,8-9,11,18H,3,7,10H2,1-2H3. The van der Waals surface area contributed by atoms with Gasteiger partial charge in [-0.15, -0.1) is 0 Å². The summed E-state index contributed by atoms with van der Waals surface area (Å²) in [6.45, 7) is 5.59. The maximum absolute atomic E-state index is 13.7. The topological polar surface area (TPSA) is 34.2 Å². The lowest BCUT2D eigenvalue weighted by atomic mass is 10.2. The van der Waals surface area contributed by atoms with Gasteiger partial charge >= 0.3 is 0 Å². The van der Waals surface area contributed by atoms with Crippen molar-refractivity contribution in [1.29, 1.82) is 0 Å². The molecule has 1 aromatic heterocycles. The second-order valence-corrected chi connectivity index (χ2v) is 4.70. The summed E-state index contributed by atoms with van der Waals surface area (Å²) in [7, 11) is 0. The van der Waals surface area contributed by atoms with Crippen LogP contribution in [0.3, 0.4) is 0 Å². The van der Waals surface area contributed by atoms with Gasteiger partial charge in [-0.1, -0.05) is 13.0 Å². The lowest BCUT2D eigenvalue weighted by Crippen LogP contribution is -2.14. The molecule has 0 spiro atoms. The van der Waals surface area contributed by atoms with E-state index in [-0.39, 0.29) is 11.6 Å². The summed E-state index contributed by atoms with van der Waals surface area (Å²) in [5.41, 5.74) is 1.88. The highest BCUT2D eigenvalue weighted by Crippen LogP contribution is 2.27. The maximum Gasteiger partial charge on any atom is 0.165 e. The van der Waals surface area contributed by atoms with Crippen molar-refractivity contribution >= 4 is 0 Å². The van der Waals surface area contributed by atoms with Crippen LogP contribution in [-0.2, 0) is 6.54 Å². The molecule has 0 unspecified atom stereocenters. The summed E-state index contributed by atoms with van der Waals surface area (Å²) in [4.78, 5) is 4.09. The number of nitrogens with zero attached hydrogens (tertiary/aromatic N) is 1. The van der Waals surface area contributed by atoms with Crippen LogP contribution >= 0.6 is 0 Å². The molecule has 106 valence electrons. The molecule has 0 amide bonds. The number of aromatic nitrogens is 1. The normalized spacial score (nSPS) is 10.6. The van der Waals surface area contributed by atoms with E-state index in [1.807, 2.05) is 6.92 Å². The van der Waals surface area contributed by atoms with Crippen molar-refractivity contribution in [1.82, 2.24) is 10.3 Å². The van der Waals surface area contributed by atoms with Crippen molar-refractivity contribution in [3.63, 3.8) is 0 Å². The zero-order valence-electron chi connectivity index (χ0n) is 11.8. The SMILES string of the molecule is CCCNCc1cnccc1Oc1cc(C)ccc1F. The highest BCUT2D eigenvalue weighted by atomic mass is 19.1. The van der Waals surface area contributed by atoms with Gasteiger partial charge in [0.1, 0.15) is 5.75 Å². The molecule has 4 heteroatoms. The van der Waals surface area contributed by atoms with Crippen molar-refractivity contribution in [2.24, 2.45) is 0 Å². The number of ether oxygens (including phenoxy) is 1. The number of hydrogen-bond donors (Lipinski definition) is 1. The van der Waals surface area contributed by atoms with E-state index >= 15 is 0 Å². The number of nitrogens with one attached hydrogen (secondary N) is 1. The molecule has 1 aromatic carbocycles. The predicted molar refractivity (Wildman–Crippen MR) is 77.4 cm³/mol. The average Bonchev–Trinajstić information content (AvgIpc) is 2.45. The molecule has 0 aliphatic rings. The van der Waals surface area contributed by atoms with Gasteiger partial charge in [-0.05, 0) is 43.7 Å². The third-order valence-corrected chi connectivity index (χ3v) is 2.91. The molecule has 3 nitrogen and oxygen atoms in total. The van der Waals surface area contributed by atoms with Crippen LogP contribution < -0.4 is 10.1 Å². The molecule has 1 N–H and O–H groups in total. The monoisotopic (exact) mass is 274 g/mol. The van der Waals surface area contributed by atoms with Crippen LogP contribution in [0.1, 0.15) is 24.5 Å². The molecule has 0 atom stereocenters. The van der Waals surface area contributed by atoms with Crippen LogP contribution in [0.15, 0.2) is 36.7 Å². The summed E-state index contributed by atoms with van der Waals surface area (Å²) in [5, 5.41) is 3.29. The predicted octanol–water partition coefficient (Wildman–Crippen LogP) is 3.82. The lowest BCUT2D eigenvalue weighted by molar-refractivity contribution is 0.434. The average molecular weight is 274 g/mol. The van der Waals surface area contributed by atoms with Crippen LogP contribution in [-0.4, -0.2) is 11.5 Å². The van der Waals surface area contributed by atoms with E-state index < -0.39 is 0 Å². The first kappa shape index (κ1) is 14.5. The molecule has 0 saturated heterocycles. The van der Waals surface area contributed by atoms with Crippen molar-refractivity contribution in [2.75, 3.05) is 6.54 Å². The minimum Gasteiger partial charge on any atom is -0.454 e. The van der Waals surface area contributed by atoms with E-state index in [0.717, 1.165) is 24.1 Å². The van der Waals surface area contributed by atoms with E-state index in [1.165, 1.54) is 6.07 Å². The molecule has 0 bridgehead atoms. The summed E-state index contributed by atoms with van der Waals surface area (Å²) < 4.78 is 19.4. The van der Waals surface area contributed by atoms with Gasteiger partial charge in [0.25, 0.3) is 0 Å². The molecule has 0 fully saturated rings. The van der Waals surface area contributed by atoms with Gasteiger partial charge in [-0.2, -0.15) is 0 Å². The molecule has 0 radical (unpaired) electrons. The van der Waals surface area contributed by atoms with Gasteiger partial charge in [0, 0.05) is 24.5 Å². The van der Waals surface area contributed by atoms with Gasteiger partial charge in [-0.3, -0.25) is 4.98 Å². The zero-order chi connectivity index (χ0) is 14.4. The Kier molecular flexibility index (Phi) is 5.07. The van der Waals surface area contributed by atoms with Crippen molar-refractivity contribution < 1.29 is 9.13 Å². The van der Waals surface area contributed by atoms with Crippen LogP contribution in [0.2, 0.25) is 0 Å². The largest absolute Gasteiger partial charge is 0.454 e. The Hall–Kier alpha value is -1.94. The van der Waals surface area contributed by atoms with Crippen molar-refractivity contribution in [3.05, 3.63) is 53.6 Å². The minimum atomic E-state index is -0.361.